The Balaban J connectivity index is 0.000000762. The molecule has 0 saturated heterocycles. The number of rotatable bonds is 16. The van der Waals surface area contributed by atoms with Crippen molar-refractivity contribution < 1.29 is 54.5 Å². The van der Waals surface area contributed by atoms with Gasteiger partial charge >= 0.3 is 28.4 Å². The van der Waals surface area contributed by atoms with Crippen molar-refractivity contribution in [2.24, 2.45) is 0 Å². The number of carbonyl (C=O) groups excluding carboxylic acids is 2. The maximum Gasteiger partial charge on any atom is 2.00 e. The molecule has 8 nitrogen and oxygen atoms in total. The van der Waals surface area contributed by atoms with Gasteiger partial charge in [0.1, 0.15) is 11.5 Å². The van der Waals surface area contributed by atoms with E-state index in [4.69, 9.17) is 78.1 Å². The number of benzene rings is 2. The maximum atomic E-state index is 11.2. The minimum atomic E-state index is -0.390. The summed E-state index contributed by atoms with van der Waals surface area (Å²) in [5.41, 5.74) is 1.82. The minimum absolute atomic E-state index is 0. The summed E-state index contributed by atoms with van der Waals surface area (Å²) >= 11 is 21.0. The van der Waals surface area contributed by atoms with Gasteiger partial charge in [-0.25, -0.2) is 9.59 Å². The smallest absolute Gasteiger partial charge is 0.779 e. The van der Waals surface area contributed by atoms with Crippen LogP contribution in [0.4, 0.5) is 0 Å². The van der Waals surface area contributed by atoms with Crippen molar-refractivity contribution in [1.82, 2.24) is 0 Å². The van der Waals surface area contributed by atoms with Crippen LogP contribution in [-0.2, 0) is 70.3 Å². The Bertz CT molecular complexity index is 982. The Kier molecular flexibility index (Phi) is 21.9. The fraction of sp³-hybridized carbons (Fsp3) is 0.429. The molecular formula is C28H34NiO8S4. The number of methoxy groups -OCH3 is 2. The van der Waals surface area contributed by atoms with Gasteiger partial charge in [-0.15, -0.1) is 10.5 Å². The molecule has 2 unspecified atom stereocenters. The zero-order chi connectivity index (χ0) is 29.9. The number of hydrogen-bond acceptors (Lipinski definition) is 12. The third-order valence-electron chi connectivity index (χ3n) is 4.85. The molecule has 2 aromatic rings. The summed E-state index contributed by atoms with van der Waals surface area (Å²) in [6, 6.07) is 14.3. The van der Waals surface area contributed by atoms with E-state index in [2.05, 4.69) is 0 Å². The second-order valence-electron chi connectivity index (χ2n) is 7.88. The molecule has 0 heterocycles. The van der Waals surface area contributed by atoms with Gasteiger partial charge in [-0.3, -0.25) is 0 Å². The summed E-state index contributed by atoms with van der Waals surface area (Å²) < 4.78 is 30.1. The van der Waals surface area contributed by atoms with Crippen LogP contribution >= 0.6 is 24.4 Å². The third-order valence-corrected chi connectivity index (χ3v) is 6.97. The molecule has 0 aliphatic carbocycles. The summed E-state index contributed by atoms with van der Waals surface area (Å²) in [6.07, 6.45) is 0. The Morgan fingerprint density at radius 3 is 1.24 bits per heavy atom. The van der Waals surface area contributed by atoms with Gasteiger partial charge in [0, 0.05) is 23.9 Å². The molecule has 0 spiro atoms. The number of esters is 2. The Hall–Kier alpha value is -1.73. The van der Waals surface area contributed by atoms with E-state index < -0.39 is 0 Å². The van der Waals surface area contributed by atoms with E-state index in [1.807, 2.05) is 24.3 Å². The monoisotopic (exact) mass is 684 g/mol. The molecule has 13 heteroatoms. The third kappa shape index (κ3) is 15.9. The van der Waals surface area contributed by atoms with Crippen molar-refractivity contribution >= 4 is 71.4 Å². The first kappa shape index (κ1) is 39.3. The fourth-order valence-corrected chi connectivity index (χ4v) is 3.93. The van der Waals surface area contributed by atoms with Gasteiger partial charge < -0.3 is 53.7 Å². The average molecular weight is 686 g/mol. The topological polar surface area (TPSA) is 89.5 Å². The molecule has 0 amide bonds. The van der Waals surface area contributed by atoms with Gasteiger partial charge in [0.15, 0.2) is 13.2 Å². The van der Waals surface area contributed by atoms with Crippen molar-refractivity contribution in [1.29, 1.82) is 0 Å². The summed E-state index contributed by atoms with van der Waals surface area (Å²) in [5.74, 6) is 0.390. The van der Waals surface area contributed by atoms with Gasteiger partial charge in [-0.05, 0) is 38.1 Å². The molecule has 2 rings (SSSR count). The molecule has 2 aromatic carbocycles. The van der Waals surface area contributed by atoms with E-state index in [0.29, 0.717) is 47.7 Å². The van der Waals surface area contributed by atoms with Crippen LogP contribution in [-0.4, -0.2) is 75.5 Å². The van der Waals surface area contributed by atoms with Crippen LogP contribution in [0.3, 0.4) is 0 Å². The molecular weight excluding hydrogens is 651 g/mol. The Morgan fingerprint density at radius 2 is 0.976 bits per heavy atom. The zero-order valence-electron chi connectivity index (χ0n) is 23.2. The second kappa shape index (κ2) is 22.8. The number of ether oxygens (including phenoxy) is 6. The second-order valence-corrected chi connectivity index (χ2v) is 9.88. The summed E-state index contributed by atoms with van der Waals surface area (Å²) in [6.45, 7) is 4.71. The van der Waals surface area contributed by atoms with E-state index in [0.717, 1.165) is 11.1 Å². The van der Waals surface area contributed by atoms with Crippen LogP contribution in [0.5, 0.6) is 11.5 Å². The first-order valence-corrected chi connectivity index (χ1v) is 14.0. The standard InChI is InChI=1S/2C14H18O4S2.Ni/c2*1-3-17-13(15)9-18-11-6-4-10(5-7-11)14(20)12(19)8-16-2;/h2*4-7,14,20H,3,8-9H2,1-2H3;/q;;+2/p-2. The molecule has 0 aliphatic rings. The van der Waals surface area contributed by atoms with Gasteiger partial charge in [0.2, 0.25) is 0 Å². The molecule has 0 N–H and O–H groups in total. The van der Waals surface area contributed by atoms with Crippen molar-refractivity contribution in [3.05, 3.63) is 59.7 Å². The Morgan fingerprint density at radius 1 is 0.659 bits per heavy atom. The van der Waals surface area contributed by atoms with Crippen LogP contribution in [0.15, 0.2) is 48.5 Å². The number of hydrogen-bond donors (Lipinski definition) is 0. The maximum absolute atomic E-state index is 11.2. The van der Waals surface area contributed by atoms with Crippen LogP contribution in [0, 0.1) is 0 Å². The van der Waals surface area contributed by atoms with Crippen molar-refractivity contribution in [3.63, 3.8) is 0 Å². The first-order valence-electron chi connectivity index (χ1n) is 12.3. The number of carbonyl (C=O) groups is 2. The average Bonchev–Trinajstić information content (AvgIpc) is 2.95. The zero-order valence-corrected chi connectivity index (χ0v) is 27.5. The summed E-state index contributed by atoms with van der Waals surface area (Å²) in [7, 11) is 3.17. The Labute approximate surface area is 273 Å². The van der Waals surface area contributed by atoms with Crippen LogP contribution in [0.1, 0.15) is 35.5 Å². The molecule has 0 bridgehead atoms. The van der Waals surface area contributed by atoms with E-state index in [1.54, 1.807) is 52.3 Å². The largest absolute Gasteiger partial charge is 2.00 e. The predicted octanol–water partition coefficient (Wildman–Crippen LogP) is 4.46. The fourth-order valence-electron chi connectivity index (χ4n) is 2.98. The van der Waals surface area contributed by atoms with E-state index >= 15 is 0 Å². The molecule has 0 radical (unpaired) electrons. The predicted molar refractivity (Wildman–Crippen MR) is 166 cm³/mol. The summed E-state index contributed by atoms with van der Waals surface area (Å²) in [5, 5.41) is -0.548. The van der Waals surface area contributed by atoms with Crippen molar-refractivity contribution in [2.75, 3.05) is 53.9 Å². The molecule has 0 aliphatic heterocycles. The molecule has 0 fully saturated rings. The van der Waals surface area contributed by atoms with Gasteiger partial charge in [0.25, 0.3) is 0 Å². The van der Waals surface area contributed by atoms with Gasteiger partial charge in [-0.1, -0.05) is 59.8 Å². The normalized spacial score (nSPS) is 11.5. The molecule has 0 saturated carbocycles. The number of thiocarbonyl (C=S) groups is 2. The first-order chi connectivity index (χ1) is 19.2. The van der Waals surface area contributed by atoms with Gasteiger partial charge in [0.05, 0.1) is 26.4 Å². The van der Waals surface area contributed by atoms with E-state index in [1.165, 1.54) is 0 Å². The van der Waals surface area contributed by atoms with Crippen molar-refractivity contribution in [2.45, 2.75) is 24.3 Å². The summed E-state index contributed by atoms with van der Waals surface area (Å²) in [4.78, 5) is 23.7. The SMILES string of the molecule is CCOC(=O)COc1ccc(C([S-])C(=S)COC)cc1.CCOC(=O)COc1ccc(C([S-])C(=S)COC)cc1.[Ni+2]. The van der Waals surface area contributed by atoms with Crippen LogP contribution in [0.2, 0.25) is 0 Å². The van der Waals surface area contributed by atoms with Crippen LogP contribution < -0.4 is 9.47 Å². The van der Waals surface area contributed by atoms with E-state index in [-0.39, 0.29) is 52.1 Å². The molecule has 0 aromatic heterocycles. The molecule has 2 atom stereocenters. The molecule has 228 valence electrons. The van der Waals surface area contributed by atoms with Gasteiger partial charge in [-0.2, -0.15) is 0 Å². The quantitative estimate of drug-likeness (QED) is 0.108. The van der Waals surface area contributed by atoms with Crippen LogP contribution in [0.25, 0.3) is 0 Å². The van der Waals surface area contributed by atoms with E-state index in [9.17, 15) is 9.59 Å². The van der Waals surface area contributed by atoms with Crippen molar-refractivity contribution in [3.8, 4) is 11.5 Å². The molecule has 41 heavy (non-hydrogen) atoms. The minimum Gasteiger partial charge on any atom is -0.779 e.